The van der Waals surface area contributed by atoms with Crippen LogP contribution in [0.1, 0.15) is 55.6 Å². The maximum Gasteiger partial charge on any atom is 0.0410 e. The van der Waals surface area contributed by atoms with Crippen molar-refractivity contribution in [2.75, 3.05) is 20.1 Å². The van der Waals surface area contributed by atoms with Crippen molar-refractivity contribution in [2.24, 2.45) is 5.73 Å². The SMILES string of the molecule is CN1CCC(c2ccc(C3(N)CCCCC3)cc2Br)C1. The summed E-state index contributed by atoms with van der Waals surface area (Å²) >= 11 is 3.79. The molecule has 1 aromatic carbocycles. The first-order chi connectivity index (χ1) is 9.58. The maximum atomic E-state index is 6.65. The first-order valence-electron chi connectivity index (χ1n) is 7.86. The number of rotatable bonds is 2. The lowest BCUT2D eigenvalue weighted by molar-refractivity contribution is 0.302. The summed E-state index contributed by atoms with van der Waals surface area (Å²) in [5, 5.41) is 0. The van der Waals surface area contributed by atoms with E-state index in [1.807, 2.05) is 0 Å². The molecule has 0 bridgehead atoms. The molecule has 2 nitrogen and oxygen atoms in total. The number of likely N-dealkylation sites (tertiary alicyclic amines) is 1. The van der Waals surface area contributed by atoms with Crippen molar-refractivity contribution < 1.29 is 0 Å². The Morgan fingerprint density at radius 1 is 1.25 bits per heavy atom. The molecule has 1 unspecified atom stereocenters. The van der Waals surface area contributed by atoms with E-state index in [0.29, 0.717) is 5.92 Å². The van der Waals surface area contributed by atoms with E-state index in [4.69, 9.17) is 5.73 Å². The minimum atomic E-state index is -0.0915. The highest BCUT2D eigenvalue weighted by molar-refractivity contribution is 9.10. The summed E-state index contributed by atoms with van der Waals surface area (Å²) in [6.07, 6.45) is 7.40. The summed E-state index contributed by atoms with van der Waals surface area (Å²) in [4.78, 5) is 2.41. The van der Waals surface area contributed by atoms with E-state index >= 15 is 0 Å². The van der Waals surface area contributed by atoms with Gasteiger partial charge in [-0.1, -0.05) is 47.3 Å². The standard InChI is InChI=1S/C17H25BrN2/c1-20-10-7-13(12-20)15-6-5-14(11-16(15)18)17(19)8-3-2-4-9-17/h5-6,11,13H,2-4,7-10,12,19H2,1H3. The molecule has 1 aliphatic heterocycles. The first-order valence-corrected chi connectivity index (χ1v) is 8.65. The van der Waals surface area contributed by atoms with Crippen molar-refractivity contribution in [1.82, 2.24) is 4.90 Å². The lowest BCUT2D eigenvalue weighted by atomic mass is 9.77. The molecular formula is C17H25BrN2. The number of hydrogen-bond donors (Lipinski definition) is 1. The van der Waals surface area contributed by atoms with Gasteiger partial charge < -0.3 is 10.6 Å². The fourth-order valence-corrected chi connectivity index (χ4v) is 4.53. The van der Waals surface area contributed by atoms with Crippen molar-refractivity contribution >= 4 is 15.9 Å². The lowest BCUT2D eigenvalue weighted by Gasteiger charge is -2.34. The zero-order valence-corrected chi connectivity index (χ0v) is 14.0. The van der Waals surface area contributed by atoms with Gasteiger partial charge in [0, 0.05) is 16.6 Å². The Balaban J connectivity index is 1.83. The second-order valence-electron chi connectivity index (χ2n) is 6.70. The van der Waals surface area contributed by atoms with Gasteiger partial charge in [-0.05, 0) is 56.0 Å². The highest BCUT2D eigenvalue weighted by Gasteiger charge is 2.30. The van der Waals surface area contributed by atoms with Crippen LogP contribution in [0.3, 0.4) is 0 Å². The second-order valence-corrected chi connectivity index (χ2v) is 7.56. The molecule has 0 aromatic heterocycles. The molecule has 110 valence electrons. The van der Waals surface area contributed by atoms with Gasteiger partial charge in [0.25, 0.3) is 0 Å². The van der Waals surface area contributed by atoms with Crippen molar-refractivity contribution in [3.05, 3.63) is 33.8 Å². The molecule has 3 heteroatoms. The van der Waals surface area contributed by atoms with Gasteiger partial charge >= 0.3 is 0 Å². The molecule has 1 atom stereocenters. The topological polar surface area (TPSA) is 29.3 Å². The third-order valence-electron chi connectivity index (χ3n) is 5.15. The van der Waals surface area contributed by atoms with Crippen molar-refractivity contribution in [3.63, 3.8) is 0 Å². The third-order valence-corrected chi connectivity index (χ3v) is 5.84. The van der Waals surface area contributed by atoms with Gasteiger partial charge in [-0.25, -0.2) is 0 Å². The molecule has 1 saturated heterocycles. The zero-order valence-electron chi connectivity index (χ0n) is 12.4. The molecule has 2 N–H and O–H groups in total. The van der Waals surface area contributed by atoms with E-state index < -0.39 is 0 Å². The minimum absolute atomic E-state index is 0.0915. The van der Waals surface area contributed by atoms with Gasteiger partial charge in [0.1, 0.15) is 0 Å². The van der Waals surface area contributed by atoms with Crippen LogP contribution in [0.4, 0.5) is 0 Å². The summed E-state index contributed by atoms with van der Waals surface area (Å²) in [6.45, 7) is 2.38. The molecule has 0 radical (unpaired) electrons. The zero-order chi connectivity index (χ0) is 14.2. The Bertz CT molecular complexity index is 480. The quantitative estimate of drug-likeness (QED) is 0.884. The minimum Gasteiger partial charge on any atom is -0.321 e. The molecule has 20 heavy (non-hydrogen) atoms. The number of nitrogens with zero attached hydrogens (tertiary/aromatic N) is 1. The Morgan fingerprint density at radius 3 is 2.60 bits per heavy atom. The van der Waals surface area contributed by atoms with Crippen LogP contribution in [0, 0.1) is 0 Å². The molecule has 0 amide bonds. The number of nitrogens with two attached hydrogens (primary N) is 1. The molecule has 1 aliphatic carbocycles. The maximum absolute atomic E-state index is 6.65. The Hall–Kier alpha value is -0.380. The largest absolute Gasteiger partial charge is 0.321 e. The Labute approximate surface area is 130 Å². The van der Waals surface area contributed by atoms with E-state index in [2.05, 4.69) is 46.1 Å². The molecule has 2 aliphatic rings. The molecule has 1 aromatic rings. The molecule has 0 spiro atoms. The summed E-state index contributed by atoms with van der Waals surface area (Å²) in [5.74, 6) is 0.670. The van der Waals surface area contributed by atoms with Crippen molar-refractivity contribution in [1.29, 1.82) is 0 Å². The Kier molecular flexibility index (Phi) is 4.21. The first kappa shape index (κ1) is 14.6. The predicted octanol–water partition coefficient (Wildman–Crippen LogP) is 3.99. The molecule has 1 saturated carbocycles. The Morgan fingerprint density at radius 2 is 2.00 bits per heavy atom. The average molecular weight is 337 g/mol. The number of hydrogen-bond acceptors (Lipinski definition) is 2. The van der Waals surface area contributed by atoms with Crippen molar-refractivity contribution in [2.45, 2.75) is 50.0 Å². The van der Waals surface area contributed by atoms with E-state index in [-0.39, 0.29) is 5.54 Å². The molecule has 1 heterocycles. The molecular weight excluding hydrogens is 312 g/mol. The summed E-state index contributed by atoms with van der Waals surface area (Å²) < 4.78 is 1.26. The van der Waals surface area contributed by atoms with Crippen LogP contribution in [-0.4, -0.2) is 25.0 Å². The smallest absolute Gasteiger partial charge is 0.0410 e. The highest BCUT2D eigenvalue weighted by Crippen LogP contribution is 2.38. The van der Waals surface area contributed by atoms with Gasteiger partial charge in [-0.3, -0.25) is 0 Å². The van der Waals surface area contributed by atoms with E-state index in [1.165, 1.54) is 54.4 Å². The van der Waals surface area contributed by atoms with Crippen LogP contribution in [0.15, 0.2) is 22.7 Å². The molecule has 3 rings (SSSR count). The van der Waals surface area contributed by atoms with Gasteiger partial charge in [-0.2, -0.15) is 0 Å². The fourth-order valence-electron chi connectivity index (χ4n) is 3.83. The fraction of sp³-hybridized carbons (Fsp3) is 0.647. The molecule has 2 fully saturated rings. The van der Waals surface area contributed by atoms with Gasteiger partial charge in [0.15, 0.2) is 0 Å². The van der Waals surface area contributed by atoms with Crippen LogP contribution >= 0.6 is 15.9 Å². The monoisotopic (exact) mass is 336 g/mol. The number of halogens is 1. The van der Waals surface area contributed by atoms with E-state index in [9.17, 15) is 0 Å². The summed E-state index contributed by atoms with van der Waals surface area (Å²) in [7, 11) is 2.21. The van der Waals surface area contributed by atoms with Crippen LogP contribution in [-0.2, 0) is 5.54 Å². The number of likely N-dealkylation sites (N-methyl/N-ethyl adjacent to an activating group) is 1. The van der Waals surface area contributed by atoms with Gasteiger partial charge in [0.2, 0.25) is 0 Å². The van der Waals surface area contributed by atoms with Crippen LogP contribution < -0.4 is 5.73 Å². The normalized spacial score (nSPS) is 26.9. The summed E-state index contributed by atoms with van der Waals surface area (Å²) in [5.41, 5.74) is 9.33. The van der Waals surface area contributed by atoms with Crippen LogP contribution in [0.2, 0.25) is 0 Å². The van der Waals surface area contributed by atoms with E-state index in [0.717, 1.165) is 12.8 Å². The van der Waals surface area contributed by atoms with Gasteiger partial charge in [0.05, 0.1) is 0 Å². The van der Waals surface area contributed by atoms with Crippen LogP contribution in [0.5, 0.6) is 0 Å². The van der Waals surface area contributed by atoms with E-state index in [1.54, 1.807) is 0 Å². The lowest BCUT2D eigenvalue weighted by Crippen LogP contribution is -2.38. The highest BCUT2D eigenvalue weighted by atomic mass is 79.9. The third kappa shape index (κ3) is 2.81. The summed E-state index contributed by atoms with van der Waals surface area (Å²) in [6, 6.07) is 6.88. The van der Waals surface area contributed by atoms with Crippen LogP contribution in [0.25, 0.3) is 0 Å². The van der Waals surface area contributed by atoms with Crippen molar-refractivity contribution in [3.8, 4) is 0 Å². The van der Waals surface area contributed by atoms with Gasteiger partial charge in [-0.15, -0.1) is 0 Å². The number of benzene rings is 1. The second kappa shape index (κ2) is 5.78. The predicted molar refractivity (Wildman–Crippen MR) is 87.9 cm³/mol. The average Bonchev–Trinajstić information content (AvgIpc) is 2.86.